The number of rotatable bonds is 5. The van der Waals surface area contributed by atoms with Crippen molar-refractivity contribution in [3.63, 3.8) is 0 Å². The fraction of sp³-hybridized carbons (Fsp3) is 0.400. The van der Waals surface area contributed by atoms with Crippen molar-refractivity contribution in [1.82, 2.24) is 25.8 Å². The van der Waals surface area contributed by atoms with Crippen LogP contribution in [0.15, 0.2) is 35.6 Å². The van der Waals surface area contributed by atoms with Crippen LogP contribution in [0.5, 0.6) is 0 Å². The van der Waals surface area contributed by atoms with Crippen LogP contribution in [-0.2, 0) is 6.54 Å². The normalized spacial score (nSPS) is 14.3. The molecule has 1 heterocycles. The molecule has 0 bridgehead atoms. The molecule has 3 N–H and O–H groups in total. The van der Waals surface area contributed by atoms with Crippen LogP contribution in [0.3, 0.4) is 0 Å². The molecule has 1 aliphatic carbocycles. The van der Waals surface area contributed by atoms with Gasteiger partial charge in [-0.05, 0) is 30.4 Å². The van der Waals surface area contributed by atoms with Crippen molar-refractivity contribution < 1.29 is 0 Å². The summed E-state index contributed by atoms with van der Waals surface area (Å²) in [5, 5.41) is 13.4. The maximum absolute atomic E-state index is 4.24. The Morgan fingerprint density at radius 1 is 1.36 bits per heavy atom. The standard InChI is InChI=1S/C15H20N6.HI/c1-16-15(17-8-11-5-6-11)18-9-12-3-2-4-13(7-12)14-19-10-20-21-14;/h2-4,7,10-11H,5-6,8-9H2,1H3,(H2,16,17,18)(H,19,20,21);1H. The predicted molar refractivity (Wildman–Crippen MR) is 98.2 cm³/mol. The van der Waals surface area contributed by atoms with Crippen molar-refractivity contribution in [2.45, 2.75) is 19.4 Å². The Morgan fingerprint density at radius 3 is 2.91 bits per heavy atom. The highest BCUT2D eigenvalue weighted by Gasteiger charge is 2.20. The zero-order chi connectivity index (χ0) is 14.5. The number of H-pyrrole nitrogens is 1. The molecule has 0 saturated heterocycles. The van der Waals surface area contributed by atoms with Crippen LogP contribution in [-0.4, -0.2) is 34.7 Å². The molecule has 6 nitrogen and oxygen atoms in total. The molecule has 1 saturated carbocycles. The van der Waals surface area contributed by atoms with Gasteiger partial charge < -0.3 is 10.6 Å². The van der Waals surface area contributed by atoms with Crippen LogP contribution >= 0.6 is 24.0 Å². The average Bonchev–Trinajstić information content (AvgIpc) is 3.19. The SMILES string of the molecule is CN=C(NCc1cccc(-c2ncn[nH]2)c1)NCC1CC1.I. The molecule has 0 amide bonds. The van der Waals surface area contributed by atoms with E-state index in [0.29, 0.717) is 0 Å². The largest absolute Gasteiger partial charge is 0.356 e. The molecule has 3 rings (SSSR count). The Labute approximate surface area is 147 Å². The molecule has 7 heteroatoms. The third-order valence-corrected chi connectivity index (χ3v) is 3.55. The van der Waals surface area contributed by atoms with Gasteiger partial charge in [0.25, 0.3) is 0 Å². The monoisotopic (exact) mass is 412 g/mol. The number of guanidine groups is 1. The summed E-state index contributed by atoms with van der Waals surface area (Å²) in [5.41, 5.74) is 2.21. The highest BCUT2D eigenvalue weighted by molar-refractivity contribution is 14.0. The first-order chi connectivity index (χ1) is 10.3. The van der Waals surface area contributed by atoms with Gasteiger partial charge in [0, 0.05) is 25.7 Å². The minimum atomic E-state index is 0. The number of hydrogen-bond acceptors (Lipinski definition) is 3. The quantitative estimate of drug-likeness (QED) is 0.400. The Bertz CT molecular complexity index is 606. The molecular weight excluding hydrogens is 391 g/mol. The second-order valence-electron chi connectivity index (χ2n) is 5.28. The molecule has 0 unspecified atom stereocenters. The van der Waals surface area contributed by atoms with Crippen LogP contribution in [0.4, 0.5) is 0 Å². The first-order valence-electron chi connectivity index (χ1n) is 7.24. The van der Waals surface area contributed by atoms with Gasteiger partial charge in [-0.15, -0.1) is 24.0 Å². The van der Waals surface area contributed by atoms with Crippen molar-refractivity contribution in [3.05, 3.63) is 36.2 Å². The minimum Gasteiger partial charge on any atom is -0.356 e. The zero-order valence-electron chi connectivity index (χ0n) is 12.5. The van der Waals surface area contributed by atoms with Gasteiger partial charge in [0.15, 0.2) is 11.8 Å². The molecule has 118 valence electrons. The highest BCUT2D eigenvalue weighted by Crippen LogP contribution is 2.27. The lowest BCUT2D eigenvalue weighted by atomic mass is 10.1. The smallest absolute Gasteiger partial charge is 0.191 e. The molecule has 0 aliphatic heterocycles. The van der Waals surface area contributed by atoms with Crippen molar-refractivity contribution >= 4 is 29.9 Å². The van der Waals surface area contributed by atoms with Crippen molar-refractivity contribution in [2.24, 2.45) is 10.9 Å². The summed E-state index contributed by atoms with van der Waals surface area (Å²) >= 11 is 0. The number of aliphatic imine (C=N–C) groups is 1. The molecule has 1 aromatic carbocycles. The Balaban J connectivity index is 0.00000176. The average molecular weight is 412 g/mol. The van der Waals surface area contributed by atoms with E-state index in [4.69, 9.17) is 0 Å². The van der Waals surface area contributed by atoms with Crippen molar-refractivity contribution in [3.8, 4) is 11.4 Å². The van der Waals surface area contributed by atoms with Gasteiger partial charge in [0.1, 0.15) is 6.33 Å². The van der Waals surface area contributed by atoms with Gasteiger partial charge in [-0.1, -0.05) is 18.2 Å². The summed E-state index contributed by atoms with van der Waals surface area (Å²) in [4.78, 5) is 8.41. The van der Waals surface area contributed by atoms with Gasteiger partial charge in [-0.2, -0.15) is 5.10 Å². The van der Waals surface area contributed by atoms with E-state index < -0.39 is 0 Å². The number of hydrogen-bond donors (Lipinski definition) is 3. The molecule has 22 heavy (non-hydrogen) atoms. The predicted octanol–water partition coefficient (Wildman–Crippen LogP) is 2.16. The van der Waals surface area contributed by atoms with Gasteiger partial charge >= 0.3 is 0 Å². The summed E-state index contributed by atoms with van der Waals surface area (Å²) in [6, 6.07) is 8.22. The van der Waals surface area contributed by atoms with Crippen LogP contribution in [0.2, 0.25) is 0 Å². The Hall–Kier alpha value is -1.64. The van der Waals surface area contributed by atoms with Gasteiger partial charge in [-0.3, -0.25) is 10.1 Å². The number of nitrogens with one attached hydrogen (secondary N) is 3. The molecule has 0 radical (unpaired) electrons. The lowest BCUT2D eigenvalue weighted by molar-refractivity contribution is 0.737. The number of halogens is 1. The fourth-order valence-corrected chi connectivity index (χ4v) is 2.14. The lowest BCUT2D eigenvalue weighted by Gasteiger charge is -2.11. The third kappa shape index (κ3) is 4.69. The summed E-state index contributed by atoms with van der Waals surface area (Å²) in [5.74, 6) is 2.47. The first-order valence-corrected chi connectivity index (χ1v) is 7.24. The number of aromatic nitrogens is 3. The van der Waals surface area contributed by atoms with E-state index in [2.05, 4.69) is 42.9 Å². The molecule has 2 aromatic rings. The lowest BCUT2D eigenvalue weighted by Crippen LogP contribution is -2.37. The summed E-state index contributed by atoms with van der Waals surface area (Å²) in [6.07, 6.45) is 4.19. The number of benzene rings is 1. The van der Waals surface area contributed by atoms with Crippen LogP contribution in [0.1, 0.15) is 18.4 Å². The van der Waals surface area contributed by atoms with Gasteiger partial charge in [0.05, 0.1) is 0 Å². The highest BCUT2D eigenvalue weighted by atomic mass is 127. The molecule has 1 fully saturated rings. The van der Waals surface area contributed by atoms with Crippen LogP contribution in [0, 0.1) is 5.92 Å². The second-order valence-corrected chi connectivity index (χ2v) is 5.28. The topological polar surface area (TPSA) is 78.0 Å². The van der Waals surface area contributed by atoms with E-state index in [1.54, 1.807) is 7.05 Å². The van der Waals surface area contributed by atoms with E-state index in [-0.39, 0.29) is 24.0 Å². The zero-order valence-corrected chi connectivity index (χ0v) is 14.9. The number of aromatic amines is 1. The number of nitrogens with zero attached hydrogens (tertiary/aromatic N) is 3. The Kier molecular flexibility index (Phi) is 6.17. The first kappa shape index (κ1) is 16.7. The summed E-state index contributed by atoms with van der Waals surface area (Å²) in [6.45, 7) is 1.74. The van der Waals surface area contributed by atoms with E-state index in [1.165, 1.54) is 24.7 Å². The van der Waals surface area contributed by atoms with Gasteiger partial charge in [0.2, 0.25) is 0 Å². The van der Waals surface area contributed by atoms with E-state index in [0.717, 1.165) is 36.4 Å². The van der Waals surface area contributed by atoms with Crippen molar-refractivity contribution in [2.75, 3.05) is 13.6 Å². The molecule has 1 aliphatic rings. The Morgan fingerprint density at radius 2 is 2.23 bits per heavy atom. The molecule has 0 atom stereocenters. The minimum absolute atomic E-state index is 0. The van der Waals surface area contributed by atoms with Crippen molar-refractivity contribution in [1.29, 1.82) is 0 Å². The van der Waals surface area contributed by atoms with Gasteiger partial charge in [-0.25, -0.2) is 4.98 Å². The molecular formula is C15H21IN6. The van der Waals surface area contributed by atoms with E-state index in [1.807, 2.05) is 12.1 Å². The summed E-state index contributed by atoms with van der Waals surface area (Å²) < 4.78 is 0. The summed E-state index contributed by atoms with van der Waals surface area (Å²) in [7, 11) is 1.80. The van der Waals surface area contributed by atoms with Crippen LogP contribution in [0.25, 0.3) is 11.4 Å². The third-order valence-electron chi connectivity index (χ3n) is 3.55. The van der Waals surface area contributed by atoms with E-state index in [9.17, 15) is 0 Å². The van der Waals surface area contributed by atoms with E-state index >= 15 is 0 Å². The van der Waals surface area contributed by atoms with Crippen LogP contribution < -0.4 is 10.6 Å². The maximum atomic E-state index is 4.24. The maximum Gasteiger partial charge on any atom is 0.191 e. The molecule has 0 spiro atoms. The molecule has 1 aromatic heterocycles. The second kappa shape index (κ2) is 8.11. The fourth-order valence-electron chi connectivity index (χ4n) is 2.14.